The molecule has 16 heavy (non-hydrogen) atoms. The first-order valence-electron chi connectivity index (χ1n) is 3.82. The molecule has 70 valence electrons. The number of nitriles is 5. The zero-order chi connectivity index (χ0) is 12.1. The van der Waals surface area contributed by atoms with Crippen LogP contribution in [0.4, 0.5) is 0 Å². The van der Waals surface area contributed by atoms with E-state index in [4.69, 9.17) is 26.3 Å². The van der Waals surface area contributed by atoms with Gasteiger partial charge in [0.2, 0.25) is 0 Å². The Kier molecular flexibility index (Phi) is 2.81. The molecule has 0 atom stereocenters. The van der Waals surface area contributed by atoms with Crippen molar-refractivity contribution in [1.29, 1.82) is 26.3 Å². The van der Waals surface area contributed by atoms with E-state index in [0.29, 0.717) is 0 Å². The van der Waals surface area contributed by atoms with Crippen molar-refractivity contribution < 1.29 is 0 Å². The van der Waals surface area contributed by atoms with Crippen LogP contribution in [0.1, 0.15) is 28.1 Å². The number of hydrogen-bond acceptors (Lipinski definition) is 6. The molecule has 0 aliphatic heterocycles. The van der Waals surface area contributed by atoms with Crippen LogP contribution in [0, 0.1) is 56.7 Å². The molecule has 1 aromatic rings. The van der Waals surface area contributed by atoms with E-state index >= 15 is 0 Å². The Bertz CT molecular complexity index is 616. The fraction of sp³-hybridized carbons (Fsp3) is 0. The Hall–Kier alpha value is -3.40. The summed E-state index contributed by atoms with van der Waals surface area (Å²) in [5, 5.41) is 43.7. The molecule has 0 aliphatic rings. The fourth-order valence-electron chi connectivity index (χ4n) is 1.08. The molecule has 0 unspecified atom stereocenters. The Morgan fingerprint density at radius 3 is 1.19 bits per heavy atom. The molecule has 1 heterocycles. The van der Waals surface area contributed by atoms with Crippen LogP contribution < -0.4 is 0 Å². The summed E-state index contributed by atoms with van der Waals surface area (Å²) in [4.78, 5) is 3.54. The number of nitrogens with zero attached hydrogens (tertiary/aromatic N) is 6. The molecule has 6 heteroatoms. The van der Waals surface area contributed by atoms with Gasteiger partial charge in [-0.1, -0.05) is 0 Å². The average molecular weight is 204 g/mol. The Morgan fingerprint density at radius 1 is 0.562 bits per heavy atom. The standard InChI is InChI=1S/C10N6/c11-1-6-7(2-12)9(4-14)16-10(5-15)8(6)3-13. The maximum atomic E-state index is 8.80. The van der Waals surface area contributed by atoms with E-state index in [0.717, 1.165) is 0 Å². The van der Waals surface area contributed by atoms with Gasteiger partial charge in [-0.3, -0.25) is 0 Å². The lowest BCUT2D eigenvalue weighted by molar-refractivity contribution is 1.17. The molecule has 0 aromatic carbocycles. The zero-order valence-corrected chi connectivity index (χ0v) is 7.68. The maximum absolute atomic E-state index is 8.80. The molecule has 0 saturated carbocycles. The highest BCUT2D eigenvalue weighted by molar-refractivity contribution is 5.62. The quantitative estimate of drug-likeness (QED) is 0.602. The molecule has 0 spiro atoms. The van der Waals surface area contributed by atoms with Gasteiger partial charge >= 0.3 is 0 Å². The van der Waals surface area contributed by atoms with Crippen LogP contribution in [0.3, 0.4) is 0 Å². The Balaban J connectivity index is 3.93. The van der Waals surface area contributed by atoms with E-state index in [1.807, 2.05) is 0 Å². The summed E-state index contributed by atoms with van der Waals surface area (Å²) in [7, 11) is 0. The van der Waals surface area contributed by atoms with E-state index in [1.165, 1.54) is 0 Å². The largest absolute Gasteiger partial charge is 0.223 e. The van der Waals surface area contributed by atoms with Gasteiger partial charge in [0.25, 0.3) is 0 Å². The number of rotatable bonds is 0. The van der Waals surface area contributed by atoms with E-state index in [2.05, 4.69) is 4.98 Å². The topological polar surface area (TPSA) is 132 Å². The lowest BCUT2D eigenvalue weighted by atomic mass is 10.0. The van der Waals surface area contributed by atoms with Crippen molar-refractivity contribution in [2.24, 2.45) is 0 Å². The van der Waals surface area contributed by atoms with Gasteiger partial charge in [-0.05, 0) is 0 Å². The highest BCUT2D eigenvalue weighted by Gasteiger charge is 2.19. The van der Waals surface area contributed by atoms with Crippen molar-refractivity contribution in [2.45, 2.75) is 0 Å². The minimum absolute atomic E-state index is 0.277. The van der Waals surface area contributed by atoms with Crippen molar-refractivity contribution >= 4 is 0 Å². The van der Waals surface area contributed by atoms with E-state index in [-0.39, 0.29) is 28.1 Å². The minimum atomic E-state index is -0.324. The van der Waals surface area contributed by atoms with Crippen LogP contribution in [-0.4, -0.2) is 4.98 Å². The lowest BCUT2D eigenvalue weighted by Gasteiger charge is -2.00. The molecule has 6 nitrogen and oxygen atoms in total. The molecule has 1 rings (SSSR count). The molecular formula is C10N6. The molecule has 0 fully saturated rings. The molecule has 0 aliphatic carbocycles. The average Bonchev–Trinajstić information content (AvgIpc) is 2.35. The van der Waals surface area contributed by atoms with Crippen LogP contribution in [0.25, 0.3) is 0 Å². The molecule has 0 bridgehead atoms. The summed E-state index contributed by atoms with van der Waals surface area (Å²) in [6.45, 7) is 0. The van der Waals surface area contributed by atoms with Crippen LogP contribution in [0.15, 0.2) is 0 Å². The van der Waals surface area contributed by atoms with E-state index < -0.39 is 0 Å². The van der Waals surface area contributed by atoms with Gasteiger partial charge in [0.1, 0.15) is 41.5 Å². The van der Waals surface area contributed by atoms with Gasteiger partial charge in [-0.25, -0.2) is 4.98 Å². The summed E-state index contributed by atoms with van der Waals surface area (Å²) in [6.07, 6.45) is 0. The van der Waals surface area contributed by atoms with Crippen molar-refractivity contribution in [3.63, 3.8) is 0 Å². The second-order valence-electron chi connectivity index (χ2n) is 2.49. The maximum Gasteiger partial charge on any atom is 0.161 e. The van der Waals surface area contributed by atoms with Crippen LogP contribution in [0.2, 0.25) is 0 Å². The molecule has 0 saturated heterocycles. The summed E-state index contributed by atoms with van der Waals surface area (Å²) >= 11 is 0. The molecular weight excluding hydrogens is 204 g/mol. The van der Waals surface area contributed by atoms with Gasteiger partial charge in [-0.15, -0.1) is 0 Å². The van der Waals surface area contributed by atoms with Crippen LogP contribution in [-0.2, 0) is 0 Å². The van der Waals surface area contributed by atoms with Gasteiger partial charge < -0.3 is 0 Å². The van der Waals surface area contributed by atoms with E-state index in [1.54, 1.807) is 30.3 Å². The first-order chi connectivity index (χ1) is 7.73. The van der Waals surface area contributed by atoms with Gasteiger partial charge in [0.05, 0.1) is 5.56 Å². The lowest BCUT2D eigenvalue weighted by Crippen LogP contribution is -2.02. The fourth-order valence-corrected chi connectivity index (χ4v) is 1.08. The first-order valence-corrected chi connectivity index (χ1v) is 3.82. The monoisotopic (exact) mass is 204 g/mol. The van der Waals surface area contributed by atoms with Gasteiger partial charge in [-0.2, -0.15) is 26.3 Å². The first kappa shape index (κ1) is 10.7. The summed E-state index contributed by atoms with van der Waals surface area (Å²) in [6, 6.07) is 8.08. The number of pyridine rings is 1. The molecule has 0 radical (unpaired) electrons. The van der Waals surface area contributed by atoms with E-state index in [9.17, 15) is 0 Å². The zero-order valence-electron chi connectivity index (χ0n) is 7.68. The van der Waals surface area contributed by atoms with Crippen LogP contribution >= 0.6 is 0 Å². The highest BCUT2D eigenvalue weighted by Crippen LogP contribution is 2.18. The second kappa shape index (κ2) is 4.21. The molecule has 0 amide bonds. The van der Waals surface area contributed by atoms with Crippen molar-refractivity contribution in [1.82, 2.24) is 4.98 Å². The van der Waals surface area contributed by atoms with Crippen molar-refractivity contribution in [3.8, 4) is 30.3 Å². The summed E-state index contributed by atoms with van der Waals surface area (Å²) < 4.78 is 0. The molecule has 0 N–H and O–H groups in total. The smallest absolute Gasteiger partial charge is 0.161 e. The third-order valence-corrected chi connectivity index (χ3v) is 1.74. The minimum Gasteiger partial charge on any atom is -0.223 e. The highest BCUT2D eigenvalue weighted by atomic mass is 14.7. The predicted molar refractivity (Wildman–Crippen MR) is 47.8 cm³/mol. The van der Waals surface area contributed by atoms with Gasteiger partial charge in [0, 0.05) is 0 Å². The Labute approximate surface area is 90.4 Å². The third kappa shape index (κ3) is 1.38. The Morgan fingerprint density at radius 2 is 0.938 bits per heavy atom. The normalized spacial score (nSPS) is 7.69. The third-order valence-electron chi connectivity index (χ3n) is 1.74. The van der Waals surface area contributed by atoms with Crippen LogP contribution in [0.5, 0.6) is 0 Å². The summed E-state index contributed by atoms with van der Waals surface area (Å²) in [5.74, 6) is 0. The SMILES string of the molecule is N#Cc1nc(C#N)c(C#N)c(C#N)c1C#N. The number of aromatic nitrogens is 1. The van der Waals surface area contributed by atoms with Gasteiger partial charge in [0.15, 0.2) is 11.4 Å². The second-order valence-corrected chi connectivity index (χ2v) is 2.49. The van der Waals surface area contributed by atoms with Crippen molar-refractivity contribution in [3.05, 3.63) is 28.1 Å². The van der Waals surface area contributed by atoms with Crippen molar-refractivity contribution in [2.75, 3.05) is 0 Å². The molecule has 1 aromatic heterocycles. The summed E-state index contributed by atoms with van der Waals surface area (Å²) in [5.41, 5.74) is -1.49. The predicted octanol–water partition coefficient (Wildman–Crippen LogP) is 0.440. The number of hydrogen-bond donors (Lipinski definition) is 0.